The third-order valence-corrected chi connectivity index (χ3v) is 4.96. The molecule has 0 saturated carbocycles. The highest BCUT2D eigenvalue weighted by Crippen LogP contribution is 2.31. The van der Waals surface area contributed by atoms with E-state index in [4.69, 9.17) is 16.3 Å². The van der Waals surface area contributed by atoms with Crippen molar-refractivity contribution in [1.29, 1.82) is 0 Å². The predicted octanol–water partition coefficient (Wildman–Crippen LogP) is 4.18. The zero-order valence-electron chi connectivity index (χ0n) is 17.8. The molecule has 0 unspecified atom stereocenters. The molecule has 1 aromatic heterocycles. The smallest absolute Gasteiger partial charge is 0.237 e. The van der Waals surface area contributed by atoms with Gasteiger partial charge >= 0.3 is 0 Å². The van der Waals surface area contributed by atoms with E-state index in [0.29, 0.717) is 22.5 Å². The van der Waals surface area contributed by atoms with Crippen molar-refractivity contribution >= 4 is 39.9 Å². The van der Waals surface area contributed by atoms with Gasteiger partial charge in [0, 0.05) is 29.6 Å². The molecule has 0 aliphatic carbocycles. The maximum atomic E-state index is 14.3. The lowest BCUT2D eigenvalue weighted by atomic mass is 10.1. The Morgan fingerprint density at radius 3 is 2.71 bits per heavy atom. The molecule has 0 aliphatic rings. The Morgan fingerprint density at radius 1 is 1.23 bits per heavy atom. The fraction of sp³-hybridized carbons (Fsp3) is 0.318. The fourth-order valence-corrected chi connectivity index (χ4v) is 3.37. The quantitative estimate of drug-likeness (QED) is 0.482. The molecule has 7 nitrogen and oxygen atoms in total. The molecule has 1 heterocycles. The number of rotatable bonds is 8. The Balaban J connectivity index is 1.91. The molecule has 31 heavy (non-hydrogen) atoms. The second-order valence-corrected chi connectivity index (χ2v) is 7.80. The number of hydrogen-bond acceptors (Lipinski definition) is 6. The zero-order valence-corrected chi connectivity index (χ0v) is 18.5. The number of carbonyl (C=O) groups is 1. The molecule has 0 radical (unpaired) electrons. The summed E-state index contributed by atoms with van der Waals surface area (Å²) in [5.41, 5.74) is 1.55. The van der Waals surface area contributed by atoms with E-state index in [9.17, 15) is 9.18 Å². The van der Waals surface area contributed by atoms with E-state index in [1.807, 2.05) is 26.8 Å². The van der Waals surface area contributed by atoms with Crippen LogP contribution in [0.15, 0.2) is 36.7 Å². The third-order valence-electron chi connectivity index (χ3n) is 4.67. The Hall–Kier alpha value is -2.97. The molecule has 3 rings (SSSR count). The number of nitrogens with zero attached hydrogens (tertiary/aromatic N) is 2. The van der Waals surface area contributed by atoms with E-state index in [2.05, 4.69) is 25.9 Å². The van der Waals surface area contributed by atoms with Gasteiger partial charge in [0.25, 0.3) is 0 Å². The number of methoxy groups -OCH3 is 1. The molecule has 1 amide bonds. The van der Waals surface area contributed by atoms with Crippen LogP contribution in [0.4, 0.5) is 15.9 Å². The first kappa shape index (κ1) is 22.7. The van der Waals surface area contributed by atoms with Crippen molar-refractivity contribution in [2.24, 2.45) is 0 Å². The Labute approximate surface area is 185 Å². The van der Waals surface area contributed by atoms with Crippen LogP contribution >= 0.6 is 11.6 Å². The monoisotopic (exact) mass is 445 g/mol. The van der Waals surface area contributed by atoms with Gasteiger partial charge in [-0.15, -0.1) is 0 Å². The van der Waals surface area contributed by atoms with E-state index >= 15 is 0 Å². The SMILES string of the molecule is COc1cc2ncnc(Nc3cccc(Cl)c3F)c2cc1CNC(=O)[C@@H](C)NC(C)C. The van der Waals surface area contributed by atoms with Crippen molar-refractivity contribution in [1.82, 2.24) is 20.6 Å². The number of halogens is 2. The lowest BCUT2D eigenvalue weighted by Crippen LogP contribution is -2.44. The first-order valence-electron chi connectivity index (χ1n) is 9.86. The van der Waals surface area contributed by atoms with Crippen LogP contribution < -0.4 is 20.7 Å². The minimum atomic E-state index is -0.566. The molecule has 3 N–H and O–H groups in total. The standard InChI is InChI=1S/C22H25ClFN5O2/c1-12(2)28-13(3)22(30)25-10-14-8-15-18(9-19(14)31-4)26-11-27-21(15)29-17-7-5-6-16(23)20(17)24/h5-9,11-13,28H,10H2,1-4H3,(H,25,30)(H,26,27,29)/t13-/m1/s1. The second-order valence-electron chi connectivity index (χ2n) is 7.39. The molecule has 3 aromatic rings. The maximum Gasteiger partial charge on any atom is 0.237 e. The topological polar surface area (TPSA) is 88.2 Å². The fourth-order valence-electron chi connectivity index (χ4n) is 3.20. The van der Waals surface area contributed by atoms with Gasteiger partial charge in [0.15, 0.2) is 5.82 Å². The van der Waals surface area contributed by atoms with Crippen molar-refractivity contribution < 1.29 is 13.9 Å². The normalized spacial score (nSPS) is 12.1. The number of nitrogens with one attached hydrogen (secondary N) is 3. The van der Waals surface area contributed by atoms with Gasteiger partial charge in [0.2, 0.25) is 5.91 Å². The Morgan fingerprint density at radius 2 is 2.00 bits per heavy atom. The molecule has 1 atom stereocenters. The highest BCUT2D eigenvalue weighted by Gasteiger charge is 2.16. The summed E-state index contributed by atoms with van der Waals surface area (Å²) in [6, 6.07) is 8.12. The van der Waals surface area contributed by atoms with Crippen molar-refractivity contribution in [3.63, 3.8) is 0 Å². The number of anilines is 2. The Bertz CT molecular complexity index is 1090. The van der Waals surface area contributed by atoms with Crippen molar-refractivity contribution in [2.45, 2.75) is 39.4 Å². The number of fused-ring (bicyclic) bond motifs is 1. The molecule has 0 spiro atoms. The van der Waals surface area contributed by atoms with Crippen LogP contribution in [-0.4, -0.2) is 35.1 Å². The van der Waals surface area contributed by atoms with Gasteiger partial charge in [0.1, 0.15) is 17.9 Å². The second kappa shape index (κ2) is 9.89. The van der Waals surface area contributed by atoms with E-state index < -0.39 is 5.82 Å². The third kappa shape index (κ3) is 5.39. The minimum absolute atomic E-state index is 0.0116. The lowest BCUT2D eigenvalue weighted by molar-refractivity contribution is -0.123. The number of carbonyl (C=O) groups excluding carboxylic acids is 1. The highest BCUT2D eigenvalue weighted by atomic mass is 35.5. The van der Waals surface area contributed by atoms with Crippen LogP contribution in [0.3, 0.4) is 0 Å². The van der Waals surface area contributed by atoms with Crippen molar-refractivity contribution in [3.05, 3.63) is 53.1 Å². The van der Waals surface area contributed by atoms with Gasteiger partial charge in [-0.05, 0) is 25.1 Å². The molecule has 2 aromatic carbocycles. The van der Waals surface area contributed by atoms with Gasteiger partial charge < -0.3 is 20.7 Å². The summed E-state index contributed by atoms with van der Waals surface area (Å²) < 4.78 is 19.8. The van der Waals surface area contributed by atoms with Crippen molar-refractivity contribution in [2.75, 3.05) is 12.4 Å². The van der Waals surface area contributed by atoms with Gasteiger partial charge in [-0.2, -0.15) is 0 Å². The summed E-state index contributed by atoms with van der Waals surface area (Å²) in [5, 5.41) is 9.71. The number of amides is 1. The first-order chi connectivity index (χ1) is 14.8. The molecule has 0 aliphatic heterocycles. The van der Waals surface area contributed by atoms with Crippen LogP contribution in [0.5, 0.6) is 5.75 Å². The predicted molar refractivity (Wildman–Crippen MR) is 120 cm³/mol. The van der Waals surface area contributed by atoms with Gasteiger partial charge in [-0.25, -0.2) is 14.4 Å². The highest BCUT2D eigenvalue weighted by molar-refractivity contribution is 6.31. The molecule has 164 valence electrons. The number of hydrogen-bond donors (Lipinski definition) is 3. The summed E-state index contributed by atoms with van der Waals surface area (Å²) in [5.74, 6) is 0.301. The number of aromatic nitrogens is 2. The van der Waals surface area contributed by atoms with Crippen LogP contribution in [0, 0.1) is 5.82 Å². The largest absolute Gasteiger partial charge is 0.496 e. The summed E-state index contributed by atoms with van der Waals surface area (Å²) in [6.07, 6.45) is 1.38. The molecule has 0 bridgehead atoms. The van der Waals surface area contributed by atoms with E-state index in [1.165, 1.54) is 12.4 Å². The van der Waals surface area contributed by atoms with E-state index in [0.717, 1.165) is 5.56 Å². The number of benzene rings is 2. The van der Waals surface area contributed by atoms with Gasteiger partial charge in [0.05, 0.1) is 29.4 Å². The summed E-state index contributed by atoms with van der Waals surface area (Å²) in [7, 11) is 1.55. The van der Waals surface area contributed by atoms with Crippen LogP contribution in [0.25, 0.3) is 10.9 Å². The summed E-state index contributed by atoms with van der Waals surface area (Å²) in [4.78, 5) is 20.9. The van der Waals surface area contributed by atoms with Crippen molar-refractivity contribution in [3.8, 4) is 5.75 Å². The molecule has 0 fully saturated rings. The first-order valence-corrected chi connectivity index (χ1v) is 10.2. The average molecular weight is 446 g/mol. The van der Waals surface area contributed by atoms with Crippen LogP contribution in [0.1, 0.15) is 26.3 Å². The Kier molecular flexibility index (Phi) is 7.25. The lowest BCUT2D eigenvalue weighted by Gasteiger charge is -2.18. The van der Waals surface area contributed by atoms with Crippen LogP contribution in [-0.2, 0) is 11.3 Å². The maximum absolute atomic E-state index is 14.3. The molecular weight excluding hydrogens is 421 g/mol. The minimum Gasteiger partial charge on any atom is -0.496 e. The average Bonchev–Trinajstić information content (AvgIpc) is 2.74. The van der Waals surface area contributed by atoms with E-state index in [1.54, 1.807) is 25.3 Å². The van der Waals surface area contributed by atoms with Gasteiger partial charge in [-0.3, -0.25) is 4.79 Å². The van der Waals surface area contributed by atoms with Gasteiger partial charge in [-0.1, -0.05) is 31.5 Å². The molecular formula is C22H25ClFN5O2. The number of ether oxygens (including phenoxy) is 1. The summed E-state index contributed by atoms with van der Waals surface area (Å²) in [6.45, 7) is 6.02. The van der Waals surface area contributed by atoms with Crippen LogP contribution in [0.2, 0.25) is 5.02 Å². The molecule has 0 saturated heterocycles. The van der Waals surface area contributed by atoms with E-state index in [-0.39, 0.29) is 35.2 Å². The summed E-state index contributed by atoms with van der Waals surface area (Å²) >= 11 is 5.88. The zero-order chi connectivity index (χ0) is 22.5. The molecule has 9 heteroatoms.